The predicted octanol–water partition coefficient (Wildman–Crippen LogP) is 4.10. The van der Waals surface area contributed by atoms with Crippen LogP contribution in [0.4, 0.5) is 0 Å². The molecule has 1 aliphatic heterocycles. The van der Waals surface area contributed by atoms with Gasteiger partial charge in [0.15, 0.2) is 11.5 Å². The van der Waals surface area contributed by atoms with E-state index in [1.54, 1.807) is 18.2 Å². The van der Waals surface area contributed by atoms with Crippen molar-refractivity contribution >= 4 is 23.5 Å². The number of ether oxygens (including phenoxy) is 2. The van der Waals surface area contributed by atoms with Gasteiger partial charge >= 0.3 is 11.8 Å². The maximum Gasteiger partial charge on any atom is 0.329 e. The molecule has 1 heterocycles. The molecule has 1 aliphatic rings. The van der Waals surface area contributed by atoms with Crippen molar-refractivity contribution in [2.75, 3.05) is 5.88 Å². The third-order valence-corrected chi connectivity index (χ3v) is 5.63. The number of carbonyl (C=O) groups is 2. The molecule has 3 aromatic rings. The molecule has 1 atom stereocenters. The number of nitrogens with one attached hydrogen (secondary N) is 1. The van der Waals surface area contributed by atoms with Crippen LogP contribution in [0.5, 0.6) is 11.5 Å². The van der Waals surface area contributed by atoms with Crippen LogP contribution in [-0.2, 0) is 21.8 Å². The van der Waals surface area contributed by atoms with E-state index in [4.69, 9.17) is 21.1 Å². The van der Waals surface area contributed by atoms with E-state index in [9.17, 15) is 14.7 Å². The standard InChI is InChI=1S/C25H22ClNO5/c1-24(23(29)30,27-22(28)16-26)15-17-12-13-20-21(14-17)32-25(31-20,18-8-4-2-5-9-18)19-10-6-3-7-11-19/h2-14H,15-16H2,1H3,(H,27,28)(H,29,30). The van der Waals surface area contributed by atoms with E-state index in [1.807, 2.05) is 60.7 Å². The van der Waals surface area contributed by atoms with Gasteiger partial charge in [-0.3, -0.25) is 4.79 Å². The third-order valence-electron chi connectivity index (χ3n) is 5.39. The molecule has 2 N–H and O–H groups in total. The Kier molecular flexibility index (Phi) is 5.80. The lowest BCUT2D eigenvalue weighted by Crippen LogP contribution is -2.54. The number of alkyl halides is 1. The smallest absolute Gasteiger partial charge is 0.329 e. The number of carboxylic acids is 1. The first-order valence-electron chi connectivity index (χ1n) is 10.1. The van der Waals surface area contributed by atoms with Gasteiger partial charge in [0.1, 0.15) is 11.4 Å². The van der Waals surface area contributed by atoms with Crippen molar-refractivity contribution in [3.05, 3.63) is 95.6 Å². The molecular weight excluding hydrogens is 430 g/mol. The minimum atomic E-state index is -1.52. The van der Waals surface area contributed by atoms with Gasteiger partial charge in [-0.25, -0.2) is 4.79 Å². The van der Waals surface area contributed by atoms with Crippen LogP contribution in [0.3, 0.4) is 0 Å². The zero-order chi connectivity index (χ0) is 22.8. The number of benzene rings is 3. The van der Waals surface area contributed by atoms with Gasteiger partial charge < -0.3 is 19.9 Å². The molecule has 164 valence electrons. The minimum Gasteiger partial charge on any atom is -0.480 e. The highest BCUT2D eigenvalue weighted by molar-refractivity contribution is 6.27. The van der Waals surface area contributed by atoms with Crippen LogP contribution in [0.2, 0.25) is 0 Å². The number of amides is 1. The lowest BCUT2D eigenvalue weighted by atomic mass is 9.92. The highest BCUT2D eigenvalue weighted by Crippen LogP contribution is 2.48. The molecule has 0 radical (unpaired) electrons. The van der Waals surface area contributed by atoms with Gasteiger partial charge in [-0.15, -0.1) is 11.6 Å². The average molecular weight is 452 g/mol. The largest absolute Gasteiger partial charge is 0.480 e. The molecule has 32 heavy (non-hydrogen) atoms. The van der Waals surface area contributed by atoms with E-state index in [1.165, 1.54) is 6.92 Å². The number of halogens is 1. The van der Waals surface area contributed by atoms with Crippen molar-refractivity contribution in [2.45, 2.75) is 24.7 Å². The summed E-state index contributed by atoms with van der Waals surface area (Å²) in [5.41, 5.74) is 0.807. The fourth-order valence-corrected chi connectivity index (χ4v) is 3.86. The summed E-state index contributed by atoms with van der Waals surface area (Å²) in [6.45, 7) is 1.45. The molecule has 0 saturated carbocycles. The first-order chi connectivity index (χ1) is 15.4. The zero-order valence-corrected chi connectivity index (χ0v) is 18.1. The molecule has 7 heteroatoms. The van der Waals surface area contributed by atoms with Crippen molar-refractivity contribution in [3.63, 3.8) is 0 Å². The van der Waals surface area contributed by atoms with Crippen molar-refractivity contribution < 1.29 is 24.2 Å². The number of carboxylic acid groups (broad SMARTS) is 1. The van der Waals surface area contributed by atoms with Gasteiger partial charge in [0, 0.05) is 17.5 Å². The van der Waals surface area contributed by atoms with Crippen molar-refractivity contribution in [1.29, 1.82) is 0 Å². The SMILES string of the molecule is CC(Cc1ccc2c(c1)OC(c1ccccc1)(c1ccccc1)O2)(NC(=O)CCl)C(=O)O. The van der Waals surface area contributed by atoms with Crippen molar-refractivity contribution in [3.8, 4) is 11.5 Å². The molecule has 0 aliphatic carbocycles. The van der Waals surface area contributed by atoms with E-state index in [-0.39, 0.29) is 12.3 Å². The monoisotopic (exact) mass is 451 g/mol. The number of aliphatic carboxylic acids is 1. The first kappa shape index (κ1) is 21.7. The highest BCUT2D eigenvalue weighted by Gasteiger charge is 2.45. The van der Waals surface area contributed by atoms with Crippen molar-refractivity contribution in [1.82, 2.24) is 5.32 Å². The molecule has 4 rings (SSSR count). The van der Waals surface area contributed by atoms with E-state index in [0.717, 1.165) is 11.1 Å². The van der Waals surface area contributed by atoms with Gasteiger partial charge in [-0.05, 0) is 24.6 Å². The number of rotatable bonds is 7. The maximum absolute atomic E-state index is 11.9. The Morgan fingerprint density at radius 2 is 1.50 bits per heavy atom. The normalized spacial score (nSPS) is 15.6. The van der Waals surface area contributed by atoms with Crippen LogP contribution < -0.4 is 14.8 Å². The van der Waals surface area contributed by atoms with Gasteiger partial charge in [-0.2, -0.15) is 0 Å². The fraction of sp³-hybridized carbons (Fsp3) is 0.200. The molecule has 0 fully saturated rings. The Labute approximate surface area is 190 Å². The number of fused-ring (bicyclic) bond motifs is 1. The van der Waals surface area contributed by atoms with Gasteiger partial charge in [0.25, 0.3) is 0 Å². The summed E-state index contributed by atoms with van der Waals surface area (Å²) < 4.78 is 12.8. The van der Waals surface area contributed by atoms with Crippen LogP contribution in [0.1, 0.15) is 23.6 Å². The van der Waals surface area contributed by atoms with E-state index >= 15 is 0 Å². The van der Waals surface area contributed by atoms with Crippen LogP contribution in [-0.4, -0.2) is 28.4 Å². The Morgan fingerprint density at radius 1 is 0.938 bits per heavy atom. The van der Waals surface area contributed by atoms with Crippen LogP contribution in [0, 0.1) is 0 Å². The molecule has 0 spiro atoms. The van der Waals surface area contributed by atoms with Gasteiger partial charge in [-0.1, -0.05) is 66.7 Å². The molecule has 1 amide bonds. The van der Waals surface area contributed by atoms with Crippen LogP contribution in [0.15, 0.2) is 78.9 Å². The van der Waals surface area contributed by atoms with Crippen molar-refractivity contribution in [2.24, 2.45) is 0 Å². The van der Waals surface area contributed by atoms with E-state index < -0.39 is 23.2 Å². The quantitative estimate of drug-likeness (QED) is 0.528. The zero-order valence-electron chi connectivity index (χ0n) is 17.4. The second-order valence-corrected chi connectivity index (χ2v) is 8.10. The summed E-state index contributed by atoms with van der Waals surface area (Å²) in [4.78, 5) is 23.6. The topological polar surface area (TPSA) is 84.9 Å². The number of hydrogen-bond acceptors (Lipinski definition) is 4. The molecule has 1 unspecified atom stereocenters. The molecular formula is C25H22ClNO5. The summed E-state index contributed by atoms with van der Waals surface area (Å²) in [5.74, 6) is -2.15. The number of hydrogen-bond donors (Lipinski definition) is 2. The first-order valence-corrected chi connectivity index (χ1v) is 10.6. The predicted molar refractivity (Wildman–Crippen MR) is 120 cm³/mol. The molecule has 6 nitrogen and oxygen atoms in total. The fourth-order valence-electron chi connectivity index (χ4n) is 3.80. The summed E-state index contributed by atoms with van der Waals surface area (Å²) >= 11 is 5.55. The van der Waals surface area contributed by atoms with E-state index in [0.29, 0.717) is 17.1 Å². The van der Waals surface area contributed by atoms with E-state index in [2.05, 4.69) is 5.32 Å². The second kappa shape index (κ2) is 8.55. The Bertz CT molecular complexity index is 1100. The molecule has 0 bridgehead atoms. The summed E-state index contributed by atoms with van der Waals surface area (Å²) in [6, 6.07) is 24.5. The molecule has 0 aromatic heterocycles. The lowest BCUT2D eigenvalue weighted by Gasteiger charge is -2.28. The Balaban J connectivity index is 1.69. The van der Waals surface area contributed by atoms with Crippen LogP contribution >= 0.6 is 11.6 Å². The maximum atomic E-state index is 11.9. The van der Waals surface area contributed by atoms with Crippen LogP contribution in [0.25, 0.3) is 0 Å². The molecule has 3 aromatic carbocycles. The molecule has 0 saturated heterocycles. The Morgan fingerprint density at radius 3 is 2.03 bits per heavy atom. The highest BCUT2D eigenvalue weighted by atomic mass is 35.5. The number of carbonyl (C=O) groups excluding carboxylic acids is 1. The minimum absolute atomic E-state index is 0.0469. The summed E-state index contributed by atoms with van der Waals surface area (Å²) in [7, 11) is 0. The second-order valence-electron chi connectivity index (χ2n) is 7.83. The summed E-state index contributed by atoms with van der Waals surface area (Å²) in [5, 5.41) is 12.2. The average Bonchev–Trinajstić information content (AvgIpc) is 3.20. The third kappa shape index (κ3) is 4.01. The van der Waals surface area contributed by atoms with Gasteiger partial charge in [0.05, 0.1) is 0 Å². The van der Waals surface area contributed by atoms with Gasteiger partial charge in [0.2, 0.25) is 5.91 Å². The lowest BCUT2D eigenvalue weighted by molar-refractivity contribution is -0.146. The summed E-state index contributed by atoms with van der Waals surface area (Å²) in [6.07, 6.45) is 0.0469. The Hall–Kier alpha value is -3.51.